The molecular formula is C11H13N5O2. The van der Waals surface area contributed by atoms with E-state index in [4.69, 9.17) is 11.0 Å². The van der Waals surface area contributed by atoms with E-state index in [-0.39, 0.29) is 23.5 Å². The van der Waals surface area contributed by atoms with Gasteiger partial charge in [-0.1, -0.05) is 0 Å². The monoisotopic (exact) mass is 247 g/mol. The molecule has 0 amide bonds. The first-order valence-corrected chi connectivity index (χ1v) is 5.69. The Kier molecular flexibility index (Phi) is 3.39. The maximum atomic E-state index is 10.7. The lowest BCUT2D eigenvalue weighted by Crippen LogP contribution is -2.35. The van der Waals surface area contributed by atoms with Crippen molar-refractivity contribution >= 4 is 11.5 Å². The van der Waals surface area contributed by atoms with E-state index in [2.05, 4.69) is 10.3 Å². The van der Waals surface area contributed by atoms with E-state index in [1.165, 1.54) is 12.1 Å². The van der Waals surface area contributed by atoms with E-state index < -0.39 is 4.92 Å². The van der Waals surface area contributed by atoms with Crippen LogP contribution in [0.3, 0.4) is 0 Å². The predicted octanol–water partition coefficient (Wildman–Crippen LogP) is 1.15. The maximum Gasteiger partial charge on any atom is 0.305 e. The molecule has 2 rings (SSSR count). The summed E-state index contributed by atoms with van der Waals surface area (Å²) in [5.41, 5.74) is 5.45. The van der Waals surface area contributed by atoms with Crippen molar-refractivity contribution in [3.05, 3.63) is 27.9 Å². The van der Waals surface area contributed by atoms with Crippen molar-refractivity contribution in [1.29, 1.82) is 5.26 Å². The van der Waals surface area contributed by atoms with Crippen LogP contribution in [0.15, 0.2) is 12.1 Å². The second-order valence-electron chi connectivity index (χ2n) is 4.28. The van der Waals surface area contributed by atoms with Gasteiger partial charge in [0.05, 0.1) is 4.92 Å². The van der Waals surface area contributed by atoms with E-state index >= 15 is 0 Å². The van der Waals surface area contributed by atoms with Crippen molar-refractivity contribution in [1.82, 2.24) is 4.98 Å². The van der Waals surface area contributed by atoms with Gasteiger partial charge in [-0.3, -0.25) is 10.1 Å². The lowest BCUT2D eigenvalue weighted by atomic mass is 10.2. The molecule has 0 saturated heterocycles. The number of hydrogen-bond donors (Lipinski definition) is 2. The van der Waals surface area contributed by atoms with Gasteiger partial charge in [-0.05, 0) is 25.3 Å². The van der Waals surface area contributed by atoms with Gasteiger partial charge >= 0.3 is 5.69 Å². The summed E-state index contributed by atoms with van der Waals surface area (Å²) >= 11 is 0. The Morgan fingerprint density at radius 3 is 2.89 bits per heavy atom. The molecule has 1 heterocycles. The zero-order valence-electron chi connectivity index (χ0n) is 9.67. The first kappa shape index (κ1) is 12.3. The molecule has 7 nitrogen and oxygen atoms in total. The molecule has 1 saturated carbocycles. The Bertz CT molecular complexity index is 511. The van der Waals surface area contributed by atoms with Crippen molar-refractivity contribution in [2.75, 3.05) is 5.32 Å². The number of hydrogen-bond acceptors (Lipinski definition) is 6. The highest BCUT2D eigenvalue weighted by Gasteiger charge is 2.24. The molecule has 1 aliphatic rings. The number of pyridine rings is 1. The van der Waals surface area contributed by atoms with Crippen molar-refractivity contribution in [3.63, 3.8) is 0 Å². The number of nitrogens with zero attached hydrogens (tertiary/aromatic N) is 3. The first-order valence-electron chi connectivity index (χ1n) is 5.69. The van der Waals surface area contributed by atoms with Gasteiger partial charge in [0.25, 0.3) is 0 Å². The lowest BCUT2D eigenvalue weighted by Gasteiger charge is -2.17. The van der Waals surface area contributed by atoms with Gasteiger partial charge in [0.1, 0.15) is 11.9 Å². The summed E-state index contributed by atoms with van der Waals surface area (Å²) in [6.45, 7) is 0. The van der Waals surface area contributed by atoms with Crippen molar-refractivity contribution < 1.29 is 4.92 Å². The molecule has 1 aromatic heterocycles. The maximum absolute atomic E-state index is 10.7. The molecule has 1 aromatic rings. The number of anilines is 1. The van der Waals surface area contributed by atoms with Crippen LogP contribution in [-0.2, 0) is 0 Å². The zero-order chi connectivity index (χ0) is 13.1. The summed E-state index contributed by atoms with van der Waals surface area (Å²) < 4.78 is 0. The molecule has 18 heavy (non-hydrogen) atoms. The van der Waals surface area contributed by atoms with Gasteiger partial charge in [0.2, 0.25) is 5.69 Å². The van der Waals surface area contributed by atoms with Crippen LogP contribution in [0.5, 0.6) is 0 Å². The van der Waals surface area contributed by atoms with E-state index in [1.54, 1.807) is 6.07 Å². The van der Waals surface area contributed by atoms with Crippen LogP contribution in [0, 0.1) is 21.4 Å². The summed E-state index contributed by atoms with van der Waals surface area (Å²) in [5, 5.41) is 22.6. The minimum atomic E-state index is -0.614. The third kappa shape index (κ3) is 2.38. The molecule has 2 atom stereocenters. The third-order valence-electron chi connectivity index (χ3n) is 3.08. The lowest BCUT2D eigenvalue weighted by molar-refractivity contribution is -0.385. The minimum Gasteiger partial charge on any atom is -0.366 e. The molecule has 0 spiro atoms. The van der Waals surface area contributed by atoms with Crippen LogP contribution in [-0.4, -0.2) is 22.0 Å². The molecule has 3 N–H and O–H groups in total. The summed E-state index contributed by atoms with van der Waals surface area (Å²) in [7, 11) is 0. The SMILES string of the molecule is N#Cc1nc(NC2CCCC2N)ccc1[N+](=O)[O-]. The molecule has 0 aliphatic heterocycles. The Morgan fingerprint density at radius 1 is 1.56 bits per heavy atom. The van der Waals surface area contributed by atoms with Gasteiger partial charge in [0.15, 0.2) is 0 Å². The van der Waals surface area contributed by atoms with Gasteiger partial charge < -0.3 is 11.1 Å². The molecule has 1 fully saturated rings. The summed E-state index contributed by atoms with van der Waals surface area (Å²) in [6.07, 6.45) is 2.95. The molecular weight excluding hydrogens is 234 g/mol. The van der Waals surface area contributed by atoms with Gasteiger partial charge in [-0.15, -0.1) is 0 Å². The minimum absolute atomic E-state index is 0.0625. The van der Waals surface area contributed by atoms with Gasteiger partial charge in [-0.2, -0.15) is 5.26 Å². The van der Waals surface area contributed by atoms with Gasteiger partial charge in [-0.25, -0.2) is 4.98 Å². The van der Waals surface area contributed by atoms with Crippen LogP contribution in [0.25, 0.3) is 0 Å². The third-order valence-corrected chi connectivity index (χ3v) is 3.08. The van der Waals surface area contributed by atoms with Crippen LogP contribution in [0.4, 0.5) is 11.5 Å². The molecule has 1 aliphatic carbocycles. The van der Waals surface area contributed by atoms with Crippen LogP contribution in [0.2, 0.25) is 0 Å². The van der Waals surface area contributed by atoms with E-state index in [1.807, 2.05) is 0 Å². The normalized spacial score (nSPS) is 22.4. The van der Waals surface area contributed by atoms with Crippen LogP contribution >= 0.6 is 0 Å². The molecule has 7 heteroatoms. The van der Waals surface area contributed by atoms with Crippen molar-refractivity contribution in [3.8, 4) is 6.07 Å². The number of nitriles is 1. The summed E-state index contributed by atoms with van der Waals surface area (Å²) in [4.78, 5) is 14.0. The Hall–Kier alpha value is -2.20. The first-order chi connectivity index (χ1) is 8.61. The standard InChI is InChI=1S/C11H13N5O2/c12-6-9-10(16(17)18)4-5-11(15-9)14-8-3-1-2-7(8)13/h4-5,7-8H,1-3,13H2,(H,14,15). The smallest absolute Gasteiger partial charge is 0.305 e. The Balaban J connectivity index is 2.20. The number of nitro groups is 1. The van der Waals surface area contributed by atoms with Crippen molar-refractivity contribution in [2.24, 2.45) is 5.73 Å². The largest absolute Gasteiger partial charge is 0.366 e. The number of rotatable bonds is 3. The van der Waals surface area contributed by atoms with E-state index in [0.717, 1.165) is 19.3 Å². The molecule has 0 radical (unpaired) electrons. The quantitative estimate of drug-likeness (QED) is 0.611. The van der Waals surface area contributed by atoms with Crippen LogP contribution < -0.4 is 11.1 Å². The highest BCUT2D eigenvalue weighted by Crippen LogP contribution is 2.23. The number of nitrogens with two attached hydrogens (primary N) is 1. The molecule has 0 bridgehead atoms. The topological polar surface area (TPSA) is 118 Å². The van der Waals surface area contributed by atoms with Gasteiger partial charge in [0, 0.05) is 18.2 Å². The van der Waals surface area contributed by atoms with Crippen LogP contribution in [0.1, 0.15) is 25.0 Å². The zero-order valence-corrected chi connectivity index (χ0v) is 9.67. The van der Waals surface area contributed by atoms with Crippen molar-refractivity contribution in [2.45, 2.75) is 31.3 Å². The second-order valence-corrected chi connectivity index (χ2v) is 4.28. The fourth-order valence-corrected chi connectivity index (χ4v) is 2.12. The molecule has 94 valence electrons. The van der Waals surface area contributed by atoms with E-state index in [0.29, 0.717) is 5.82 Å². The Labute approximate surface area is 104 Å². The highest BCUT2D eigenvalue weighted by molar-refractivity contribution is 5.50. The summed E-state index contributed by atoms with van der Waals surface area (Å²) in [6, 6.07) is 4.70. The Morgan fingerprint density at radius 2 is 2.33 bits per heavy atom. The molecule has 2 unspecified atom stereocenters. The fraction of sp³-hybridized carbons (Fsp3) is 0.455. The number of nitrogens with one attached hydrogen (secondary N) is 1. The average Bonchev–Trinajstić information content (AvgIpc) is 2.74. The van der Waals surface area contributed by atoms with E-state index in [9.17, 15) is 10.1 Å². The fourth-order valence-electron chi connectivity index (χ4n) is 2.12. The number of aromatic nitrogens is 1. The second kappa shape index (κ2) is 4.98. The highest BCUT2D eigenvalue weighted by atomic mass is 16.6. The predicted molar refractivity (Wildman–Crippen MR) is 64.8 cm³/mol. The summed E-state index contributed by atoms with van der Waals surface area (Å²) in [5.74, 6) is 0.458. The molecule has 0 aromatic carbocycles. The average molecular weight is 247 g/mol.